The summed E-state index contributed by atoms with van der Waals surface area (Å²) in [6.45, 7) is -2.91. The maximum atomic E-state index is 12.1. The topological polar surface area (TPSA) is 83.0 Å². The number of rotatable bonds is 4. The number of esters is 1. The summed E-state index contributed by atoms with van der Waals surface area (Å²) >= 11 is -1.82. The predicted molar refractivity (Wildman–Crippen MR) is 71.0 cm³/mol. The lowest BCUT2D eigenvalue weighted by Crippen LogP contribution is -2.31. The first kappa shape index (κ1) is 15.3. The lowest BCUT2D eigenvalue weighted by Gasteiger charge is -2.14. The third-order valence-corrected chi connectivity index (χ3v) is 3.20. The van der Waals surface area contributed by atoms with Gasteiger partial charge in [-0.15, -0.1) is 0 Å². The molecule has 0 saturated heterocycles. The number of hydrogen-bond acceptors (Lipinski definition) is 6. The maximum Gasteiger partial charge on any atom is 0.387 e. The van der Waals surface area contributed by atoms with Gasteiger partial charge in [-0.1, -0.05) is 0 Å². The van der Waals surface area contributed by atoms with Gasteiger partial charge in [0, 0.05) is 11.6 Å². The zero-order chi connectivity index (χ0) is 15.4. The van der Waals surface area contributed by atoms with Gasteiger partial charge >= 0.3 is 12.6 Å². The normalized spacial score (nSPS) is 17.7. The summed E-state index contributed by atoms with van der Waals surface area (Å²) in [7, 11) is 1.19. The quantitative estimate of drug-likeness (QED) is 0.669. The third-order valence-electron chi connectivity index (χ3n) is 2.44. The second kappa shape index (κ2) is 6.55. The van der Waals surface area contributed by atoms with Crippen LogP contribution in [0.25, 0.3) is 0 Å². The van der Waals surface area contributed by atoms with Gasteiger partial charge in [-0.25, -0.2) is 4.79 Å². The fourth-order valence-corrected chi connectivity index (χ4v) is 2.27. The van der Waals surface area contributed by atoms with Crippen LogP contribution in [0.15, 0.2) is 40.4 Å². The van der Waals surface area contributed by atoms with Gasteiger partial charge in [-0.05, 0) is 28.7 Å². The Hall–Kier alpha value is -2.13. The maximum absolute atomic E-state index is 12.1. The first-order valence-electron chi connectivity index (χ1n) is 5.62. The van der Waals surface area contributed by atoms with Crippen molar-refractivity contribution in [3.05, 3.63) is 41.6 Å². The molecule has 1 N–H and O–H groups in total. The van der Waals surface area contributed by atoms with Crippen molar-refractivity contribution in [1.82, 2.24) is 4.72 Å². The van der Waals surface area contributed by atoms with E-state index in [1.54, 1.807) is 0 Å². The molecular weight excluding hydrogens is 306 g/mol. The minimum Gasteiger partial charge on any atom is -0.567 e. The molecule has 0 bridgehead atoms. The molecule has 0 saturated carbocycles. The Morgan fingerprint density at radius 3 is 2.62 bits per heavy atom. The molecule has 1 atom stereocenters. The van der Waals surface area contributed by atoms with E-state index < -0.39 is 24.1 Å². The molecule has 2 rings (SSSR count). The summed E-state index contributed by atoms with van der Waals surface area (Å²) in [5, 5.41) is 0. The Bertz CT molecular complexity index is 589. The number of alkyl halides is 2. The third kappa shape index (κ3) is 3.92. The first-order chi connectivity index (χ1) is 9.99. The average molecular weight is 316 g/mol. The Labute approximate surface area is 121 Å². The van der Waals surface area contributed by atoms with Crippen molar-refractivity contribution < 1.29 is 27.6 Å². The molecular formula is C12H10F2N2O4S. The van der Waals surface area contributed by atoms with Gasteiger partial charge in [0.05, 0.1) is 7.11 Å². The number of methoxy groups -OCH3 is 1. The largest absolute Gasteiger partial charge is 0.567 e. The second-order valence-corrected chi connectivity index (χ2v) is 4.67. The number of ether oxygens (including phenoxy) is 2. The first-order valence-corrected chi connectivity index (χ1v) is 6.73. The lowest BCUT2D eigenvalue weighted by atomic mass is 10.1. The van der Waals surface area contributed by atoms with Gasteiger partial charge in [0.2, 0.25) is 11.5 Å². The molecule has 9 heteroatoms. The van der Waals surface area contributed by atoms with Crippen LogP contribution in [0.5, 0.6) is 5.75 Å². The van der Waals surface area contributed by atoms with Gasteiger partial charge in [0.15, 0.2) is 5.70 Å². The van der Waals surface area contributed by atoms with Crippen LogP contribution in [0, 0.1) is 0 Å². The van der Waals surface area contributed by atoms with Gasteiger partial charge in [-0.3, -0.25) is 0 Å². The van der Waals surface area contributed by atoms with E-state index in [4.69, 9.17) is 0 Å². The molecule has 6 nitrogen and oxygen atoms in total. The van der Waals surface area contributed by atoms with Crippen molar-refractivity contribution in [3.63, 3.8) is 0 Å². The SMILES string of the molecule is COC(=O)C1=CC(c2ccc(OC(F)F)cc2)=N[S+]([O-])N1. The highest BCUT2D eigenvalue weighted by atomic mass is 32.2. The van der Waals surface area contributed by atoms with Gasteiger partial charge < -0.3 is 14.0 Å². The lowest BCUT2D eigenvalue weighted by molar-refractivity contribution is -0.136. The van der Waals surface area contributed by atoms with Crippen LogP contribution in [0.3, 0.4) is 0 Å². The van der Waals surface area contributed by atoms with Crippen LogP contribution in [-0.4, -0.2) is 30.0 Å². The minimum absolute atomic E-state index is 0.00580. The van der Waals surface area contributed by atoms with Crippen LogP contribution >= 0.6 is 0 Å². The average Bonchev–Trinajstić information content (AvgIpc) is 2.46. The zero-order valence-electron chi connectivity index (χ0n) is 10.7. The molecule has 1 aliphatic heterocycles. The number of nitrogens with one attached hydrogen (secondary N) is 1. The van der Waals surface area contributed by atoms with Crippen molar-refractivity contribution >= 4 is 23.2 Å². The second-order valence-electron chi connectivity index (χ2n) is 3.78. The Kier molecular flexibility index (Phi) is 4.76. The highest BCUT2D eigenvalue weighted by Crippen LogP contribution is 2.18. The number of allylic oxidation sites excluding steroid dienone is 1. The molecule has 0 aromatic heterocycles. The van der Waals surface area contributed by atoms with Crippen LogP contribution in [0.1, 0.15) is 5.56 Å². The molecule has 0 radical (unpaired) electrons. The summed E-state index contributed by atoms with van der Waals surface area (Å²) in [4.78, 5) is 11.4. The summed E-state index contributed by atoms with van der Waals surface area (Å²) < 4.78 is 50.5. The van der Waals surface area contributed by atoms with Crippen LogP contribution in [-0.2, 0) is 21.1 Å². The van der Waals surface area contributed by atoms with Crippen molar-refractivity contribution in [2.75, 3.05) is 7.11 Å². The number of halogens is 2. The summed E-state index contributed by atoms with van der Waals surface area (Å²) in [5.41, 5.74) is 0.748. The van der Waals surface area contributed by atoms with Gasteiger partial charge in [0.25, 0.3) is 0 Å². The molecule has 0 spiro atoms. The fraction of sp³-hybridized carbons (Fsp3) is 0.167. The fourth-order valence-electron chi connectivity index (χ4n) is 1.55. The van der Waals surface area contributed by atoms with Gasteiger partial charge in [0.1, 0.15) is 11.5 Å². The highest BCUT2D eigenvalue weighted by molar-refractivity contribution is 7.88. The number of benzene rings is 1. The minimum atomic E-state index is -2.91. The van der Waals surface area contributed by atoms with E-state index in [0.717, 1.165) is 0 Å². The van der Waals surface area contributed by atoms with E-state index in [2.05, 4.69) is 18.6 Å². The Balaban J connectivity index is 2.24. The van der Waals surface area contributed by atoms with Crippen molar-refractivity contribution in [1.29, 1.82) is 0 Å². The molecule has 1 heterocycles. The number of carbonyl (C=O) groups is 1. The summed E-state index contributed by atoms with van der Waals surface area (Å²) in [5.74, 6) is -0.699. The van der Waals surface area contributed by atoms with Crippen molar-refractivity contribution in [2.24, 2.45) is 4.40 Å². The van der Waals surface area contributed by atoms with Crippen LogP contribution in [0.2, 0.25) is 0 Å². The molecule has 0 fully saturated rings. The smallest absolute Gasteiger partial charge is 0.387 e. The molecule has 1 unspecified atom stereocenters. The van der Waals surface area contributed by atoms with E-state index in [1.807, 2.05) is 0 Å². The van der Waals surface area contributed by atoms with Crippen molar-refractivity contribution in [2.45, 2.75) is 6.61 Å². The number of nitrogens with zero attached hydrogens (tertiary/aromatic N) is 1. The summed E-state index contributed by atoms with van der Waals surface area (Å²) in [6, 6.07) is 5.57. The molecule has 0 amide bonds. The molecule has 112 valence electrons. The molecule has 1 aromatic carbocycles. The predicted octanol–water partition coefficient (Wildman–Crippen LogP) is 1.32. The standard InChI is InChI=1S/C12H10F2N2O4S/c1-19-11(17)10-6-9(15-21(18)16-10)7-2-4-8(5-3-7)20-12(13)14/h2-6,12,16H,1H3. The van der Waals surface area contributed by atoms with Gasteiger partial charge in [-0.2, -0.15) is 13.5 Å². The van der Waals surface area contributed by atoms with E-state index in [-0.39, 0.29) is 17.2 Å². The summed E-state index contributed by atoms with van der Waals surface area (Å²) in [6.07, 6.45) is 1.36. The van der Waals surface area contributed by atoms with E-state index >= 15 is 0 Å². The Morgan fingerprint density at radius 2 is 2.05 bits per heavy atom. The Morgan fingerprint density at radius 1 is 1.38 bits per heavy atom. The number of carbonyl (C=O) groups excluding carboxylic acids is 1. The molecule has 1 aliphatic rings. The molecule has 0 aliphatic carbocycles. The van der Waals surface area contributed by atoms with E-state index in [1.165, 1.54) is 37.5 Å². The molecule has 1 aromatic rings. The van der Waals surface area contributed by atoms with E-state index in [9.17, 15) is 18.1 Å². The molecule has 21 heavy (non-hydrogen) atoms. The highest BCUT2D eigenvalue weighted by Gasteiger charge is 2.24. The van der Waals surface area contributed by atoms with Crippen molar-refractivity contribution in [3.8, 4) is 5.75 Å². The zero-order valence-corrected chi connectivity index (χ0v) is 11.5. The monoisotopic (exact) mass is 316 g/mol. The van der Waals surface area contributed by atoms with E-state index in [0.29, 0.717) is 5.56 Å². The van der Waals surface area contributed by atoms with Crippen LogP contribution < -0.4 is 9.46 Å². The van der Waals surface area contributed by atoms with Crippen LogP contribution in [0.4, 0.5) is 8.78 Å². The number of hydrogen-bond donors (Lipinski definition) is 1.